The summed E-state index contributed by atoms with van der Waals surface area (Å²) in [4.78, 5) is 19.5. The molecule has 2 aliphatic rings. The maximum absolute atomic E-state index is 6.46. The summed E-state index contributed by atoms with van der Waals surface area (Å²) in [7, 11) is 0. The van der Waals surface area contributed by atoms with Crippen LogP contribution in [0.1, 0.15) is 30.2 Å². The zero-order valence-corrected chi connectivity index (χ0v) is 18.4. The number of nitrogens with one attached hydrogen (secondary N) is 2. The van der Waals surface area contributed by atoms with Crippen LogP contribution in [0.2, 0.25) is 0 Å². The summed E-state index contributed by atoms with van der Waals surface area (Å²) >= 11 is 0. The van der Waals surface area contributed by atoms with Gasteiger partial charge in [-0.25, -0.2) is 9.97 Å². The Kier molecular flexibility index (Phi) is 5.26. The molecule has 0 amide bonds. The van der Waals surface area contributed by atoms with Crippen LogP contribution in [-0.2, 0) is 11.3 Å². The van der Waals surface area contributed by atoms with Crippen LogP contribution in [0.3, 0.4) is 0 Å². The van der Waals surface area contributed by atoms with E-state index in [2.05, 4.69) is 46.6 Å². The number of H-pyrrole nitrogens is 1. The highest BCUT2D eigenvalue weighted by molar-refractivity contribution is 5.83. The van der Waals surface area contributed by atoms with Gasteiger partial charge >= 0.3 is 0 Å². The quantitative estimate of drug-likeness (QED) is 0.371. The van der Waals surface area contributed by atoms with Gasteiger partial charge in [-0.1, -0.05) is 5.16 Å². The Labute approximate surface area is 195 Å². The third kappa shape index (κ3) is 4.15. The van der Waals surface area contributed by atoms with Gasteiger partial charge in [-0.15, -0.1) is 0 Å². The van der Waals surface area contributed by atoms with Crippen molar-refractivity contribution in [3.63, 3.8) is 0 Å². The fraction of sp³-hybridized carbons (Fsp3) is 0.364. The van der Waals surface area contributed by atoms with E-state index in [4.69, 9.17) is 20.0 Å². The van der Waals surface area contributed by atoms with Gasteiger partial charge in [0.25, 0.3) is 0 Å². The molecule has 12 heteroatoms. The van der Waals surface area contributed by atoms with Crippen LogP contribution in [0.5, 0.6) is 0 Å². The maximum Gasteiger partial charge on any atom is 0.227 e. The largest absolute Gasteiger partial charge is 0.383 e. The van der Waals surface area contributed by atoms with Crippen molar-refractivity contribution >= 4 is 17.6 Å². The summed E-state index contributed by atoms with van der Waals surface area (Å²) < 4.78 is 11.0. The molecule has 0 aromatic carbocycles. The Morgan fingerprint density at radius 2 is 1.91 bits per heavy atom. The molecule has 4 aromatic rings. The van der Waals surface area contributed by atoms with E-state index in [-0.39, 0.29) is 0 Å². The van der Waals surface area contributed by atoms with Gasteiger partial charge in [0.05, 0.1) is 31.0 Å². The van der Waals surface area contributed by atoms with Crippen molar-refractivity contribution in [2.75, 3.05) is 42.3 Å². The first-order valence-corrected chi connectivity index (χ1v) is 11.3. The zero-order chi connectivity index (χ0) is 22.9. The number of nitrogens with zero attached hydrogens (tertiary/aromatic N) is 7. The van der Waals surface area contributed by atoms with E-state index in [9.17, 15) is 0 Å². The molecule has 174 valence electrons. The zero-order valence-electron chi connectivity index (χ0n) is 18.4. The second kappa shape index (κ2) is 8.71. The smallest absolute Gasteiger partial charge is 0.227 e. The number of aromatic nitrogens is 7. The first kappa shape index (κ1) is 20.5. The van der Waals surface area contributed by atoms with E-state index >= 15 is 0 Å². The summed E-state index contributed by atoms with van der Waals surface area (Å²) in [6.45, 7) is 3.03. The highest BCUT2D eigenvalue weighted by Gasteiger charge is 2.28. The standard InChI is InChI=1S/C22H24N10O2/c23-20-19(18-8-16(29-30-18)13-1-2-13)21(32-3-5-33-6-4-32)28-22(27-20)26-11-15-7-17(31-34-15)14-9-24-12-25-10-14/h7-10,12-13H,1-6,11H2,(H,29,30)(H3,23,26,27,28). The van der Waals surface area contributed by atoms with Crippen LogP contribution >= 0.6 is 0 Å². The monoisotopic (exact) mass is 460 g/mol. The molecule has 2 fully saturated rings. The molecule has 1 aliphatic heterocycles. The van der Waals surface area contributed by atoms with Crippen molar-refractivity contribution in [2.45, 2.75) is 25.3 Å². The molecular formula is C22H24N10O2. The third-order valence-electron chi connectivity index (χ3n) is 5.94. The number of aromatic amines is 1. The van der Waals surface area contributed by atoms with Gasteiger partial charge < -0.3 is 25.2 Å². The van der Waals surface area contributed by atoms with E-state index in [0.29, 0.717) is 62.0 Å². The summed E-state index contributed by atoms with van der Waals surface area (Å²) in [5.74, 6) is 2.70. The minimum Gasteiger partial charge on any atom is -0.383 e. The first-order chi connectivity index (χ1) is 16.7. The number of nitrogen functional groups attached to an aromatic ring is 1. The topological polar surface area (TPSA) is 157 Å². The summed E-state index contributed by atoms with van der Waals surface area (Å²) in [5.41, 5.74) is 10.5. The average Bonchev–Trinajstić information content (AvgIpc) is 3.42. The molecule has 4 aromatic heterocycles. The molecule has 12 nitrogen and oxygen atoms in total. The maximum atomic E-state index is 6.46. The summed E-state index contributed by atoms with van der Waals surface area (Å²) in [6.07, 6.45) is 7.21. The van der Waals surface area contributed by atoms with Crippen LogP contribution in [0.4, 0.5) is 17.6 Å². The molecule has 0 spiro atoms. The molecule has 0 unspecified atom stereocenters. The third-order valence-corrected chi connectivity index (χ3v) is 5.94. The van der Waals surface area contributed by atoms with E-state index < -0.39 is 0 Å². The van der Waals surface area contributed by atoms with Gasteiger partial charge in [0, 0.05) is 48.7 Å². The molecule has 0 radical (unpaired) electrons. The van der Waals surface area contributed by atoms with Crippen molar-refractivity contribution in [2.24, 2.45) is 0 Å². The lowest BCUT2D eigenvalue weighted by molar-refractivity contribution is 0.122. The van der Waals surface area contributed by atoms with Crippen molar-refractivity contribution in [3.8, 4) is 22.5 Å². The number of hydrogen-bond acceptors (Lipinski definition) is 11. The minimum atomic E-state index is 0.344. The Hall–Kier alpha value is -4.06. The van der Waals surface area contributed by atoms with E-state index in [1.807, 2.05) is 6.07 Å². The normalized spacial score (nSPS) is 16.1. The molecule has 4 N–H and O–H groups in total. The van der Waals surface area contributed by atoms with Crippen LogP contribution in [-0.4, -0.2) is 61.6 Å². The molecule has 6 rings (SSSR count). The van der Waals surface area contributed by atoms with E-state index in [0.717, 1.165) is 28.3 Å². The van der Waals surface area contributed by atoms with Gasteiger partial charge in [0.15, 0.2) is 5.76 Å². The predicted molar refractivity (Wildman–Crippen MR) is 124 cm³/mol. The lowest BCUT2D eigenvalue weighted by Gasteiger charge is -2.29. The second-order valence-electron chi connectivity index (χ2n) is 8.37. The van der Waals surface area contributed by atoms with Crippen LogP contribution < -0.4 is 16.0 Å². The molecule has 1 saturated carbocycles. The molecule has 0 atom stereocenters. The number of ether oxygens (including phenoxy) is 1. The lowest BCUT2D eigenvalue weighted by atomic mass is 10.1. The Morgan fingerprint density at radius 3 is 2.71 bits per heavy atom. The average molecular weight is 461 g/mol. The highest BCUT2D eigenvalue weighted by Crippen LogP contribution is 2.41. The molecule has 0 bridgehead atoms. The molecule has 1 saturated heterocycles. The number of nitrogens with two attached hydrogens (primary N) is 1. The van der Waals surface area contributed by atoms with Crippen molar-refractivity contribution in [1.82, 2.24) is 35.3 Å². The van der Waals surface area contributed by atoms with Crippen molar-refractivity contribution < 1.29 is 9.26 Å². The van der Waals surface area contributed by atoms with E-state index in [1.54, 1.807) is 12.4 Å². The van der Waals surface area contributed by atoms with Crippen LogP contribution in [0.15, 0.2) is 35.4 Å². The molecule has 34 heavy (non-hydrogen) atoms. The van der Waals surface area contributed by atoms with Gasteiger partial charge in [-0.3, -0.25) is 5.10 Å². The molecular weight excluding hydrogens is 436 g/mol. The second-order valence-corrected chi connectivity index (χ2v) is 8.37. The van der Waals surface area contributed by atoms with Gasteiger partial charge in [-0.2, -0.15) is 15.1 Å². The number of hydrogen-bond donors (Lipinski definition) is 3. The number of anilines is 3. The SMILES string of the molecule is Nc1nc(NCc2cc(-c3cncnc3)no2)nc(N2CCOCC2)c1-c1cc(C2CC2)[nH]n1. The van der Waals surface area contributed by atoms with Crippen molar-refractivity contribution in [1.29, 1.82) is 0 Å². The predicted octanol–water partition coefficient (Wildman–Crippen LogP) is 2.22. The highest BCUT2D eigenvalue weighted by atomic mass is 16.5. The number of rotatable bonds is 7. The molecule has 5 heterocycles. The van der Waals surface area contributed by atoms with Crippen LogP contribution in [0, 0.1) is 0 Å². The van der Waals surface area contributed by atoms with Gasteiger partial charge in [0.1, 0.15) is 23.7 Å². The Morgan fingerprint density at radius 1 is 1.09 bits per heavy atom. The van der Waals surface area contributed by atoms with Gasteiger partial charge in [-0.05, 0) is 18.9 Å². The fourth-order valence-electron chi connectivity index (χ4n) is 3.99. The number of morpholine rings is 1. The Bertz CT molecular complexity index is 1280. The lowest BCUT2D eigenvalue weighted by Crippen LogP contribution is -2.37. The fourth-order valence-corrected chi connectivity index (χ4v) is 3.99. The summed E-state index contributed by atoms with van der Waals surface area (Å²) in [6, 6.07) is 3.89. The van der Waals surface area contributed by atoms with E-state index in [1.165, 1.54) is 19.2 Å². The first-order valence-electron chi connectivity index (χ1n) is 11.3. The van der Waals surface area contributed by atoms with Crippen LogP contribution in [0.25, 0.3) is 22.5 Å². The summed E-state index contributed by atoms with van der Waals surface area (Å²) in [5, 5.41) is 15.0. The Balaban J connectivity index is 1.27. The van der Waals surface area contributed by atoms with Gasteiger partial charge in [0.2, 0.25) is 5.95 Å². The van der Waals surface area contributed by atoms with Crippen molar-refractivity contribution in [3.05, 3.63) is 42.3 Å². The molecule has 1 aliphatic carbocycles. The minimum absolute atomic E-state index is 0.344.